The Bertz CT molecular complexity index is 93.8. The highest BCUT2D eigenvalue weighted by atomic mass is 16.7. The van der Waals surface area contributed by atoms with Gasteiger partial charge in [-0.05, 0) is 6.92 Å². The van der Waals surface area contributed by atoms with Gasteiger partial charge in [-0.15, -0.1) is 0 Å². The molecular formula is C9H20O3. The molecule has 0 amide bonds. The highest BCUT2D eigenvalue weighted by molar-refractivity contribution is 4.49. The minimum atomic E-state index is -0.0925. The van der Waals surface area contributed by atoms with E-state index >= 15 is 0 Å². The molecule has 0 N–H and O–H groups in total. The van der Waals surface area contributed by atoms with Gasteiger partial charge in [-0.2, -0.15) is 0 Å². The van der Waals surface area contributed by atoms with Crippen LogP contribution >= 0.6 is 0 Å². The summed E-state index contributed by atoms with van der Waals surface area (Å²) in [5.41, 5.74) is 0. The van der Waals surface area contributed by atoms with E-state index in [2.05, 4.69) is 13.8 Å². The molecule has 1 unspecified atom stereocenters. The molecule has 0 fully saturated rings. The molecule has 3 heteroatoms. The Morgan fingerprint density at radius 2 is 1.75 bits per heavy atom. The second-order valence-corrected chi connectivity index (χ2v) is 2.93. The van der Waals surface area contributed by atoms with Crippen molar-refractivity contribution in [3.8, 4) is 0 Å². The Morgan fingerprint density at radius 1 is 1.08 bits per heavy atom. The largest absolute Gasteiger partial charge is 0.382 e. The minimum absolute atomic E-state index is 0.0925. The smallest absolute Gasteiger partial charge is 0.159 e. The van der Waals surface area contributed by atoms with Gasteiger partial charge in [-0.25, -0.2) is 0 Å². The Hall–Kier alpha value is -0.120. The van der Waals surface area contributed by atoms with Gasteiger partial charge in [0.2, 0.25) is 0 Å². The zero-order chi connectivity index (χ0) is 9.40. The van der Waals surface area contributed by atoms with Crippen molar-refractivity contribution in [2.45, 2.75) is 27.1 Å². The molecule has 0 aromatic rings. The molecule has 74 valence electrons. The lowest BCUT2D eigenvalue weighted by Gasteiger charge is -2.20. The van der Waals surface area contributed by atoms with E-state index in [0.717, 1.165) is 0 Å². The average Bonchev–Trinajstić information content (AvgIpc) is 2.03. The van der Waals surface area contributed by atoms with E-state index in [4.69, 9.17) is 14.2 Å². The van der Waals surface area contributed by atoms with E-state index in [-0.39, 0.29) is 6.29 Å². The molecule has 0 bridgehead atoms. The fourth-order valence-corrected chi connectivity index (χ4v) is 0.845. The maximum absolute atomic E-state index is 5.44. The first kappa shape index (κ1) is 11.9. The van der Waals surface area contributed by atoms with Crippen molar-refractivity contribution in [3.05, 3.63) is 0 Å². The van der Waals surface area contributed by atoms with E-state index in [1.807, 2.05) is 6.92 Å². The van der Waals surface area contributed by atoms with Gasteiger partial charge in [0, 0.05) is 19.6 Å². The van der Waals surface area contributed by atoms with Crippen molar-refractivity contribution in [2.24, 2.45) is 5.92 Å². The van der Waals surface area contributed by atoms with Crippen molar-refractivity contribution < 1.29 is 14.2 Å². The third-order valence-corrected chi connectivity index (χ3v) is 1.44. The van der Waals surface area contributed by atoms with Crippen molar-refractivity contribution in [2.75, 3.05) is 26.9 Å². The first-order valence-corrected chi connectivity index (χ1v) is 4.44. The van der Waals surface area contributed by atoms with Gasteiger partial charge in [-0.3, -0.25) is 0 Å². The Morgan fingerprint density at radius 3 is 2.17 bits per heavy atom. The lowest BCUT2D eigenvalue weighted by molar-refractivity contribution is -0.168. The molecule has 0 saturated carbocycles. The molecule has 0 rings (SSSR count). The van der Waals surface area contributed by atoms with Crippen LogP contribution in [0.3, 0.4) is 0 Å². The zero-order valence-electron chi connectivity index (χ0n) is 8.50. The first-order valence-electron chi connectivity index (χ1n) is 4.44. The molecule has 0 spiro atoms. The van der Waals surface area contributed by atoms with E-state index in [9.17, 15) is 0 Å². The second kappa shape index (κ2) is 7.53. The topological polar surface area (TPSA) is 27.7 Å². The van der Waals surface area contributed by atoms with Gasteiger partial charge >= 0.3 is 0 Å². The molecule has 0 radical (unpaired) electrons. The van der Waals surface area contributed by atoms with Crippen molar-refractivity contribution in [1.29, 1.82) is 0 Å². The highest BCUT2D eigenvalue weighted by Gasteiger charge is 2.12. The molecule has 3 nitrogen and oxygen atoms in total. The molecular weight excluding hydrogens is 156 g/mol. The Kier molecular flexibility index (Phi) is 7.45. The predicted molar refractivity (Wildman–Crippen MR) is 48.1 cm³/mol. The minimum Gasteiger partial charge on any atom is -0.382 e. The van der Waals surface area contributed by atoms with E-state index in [0.29, 0.717) is 25.7 Å². The van der Waals surface area contributed by atoms with E-state index < -0.39 is 0 Å². The first-order chi connectivity index (χ1) is 5.72. The summed E-state index contributed by atoms with van der Waals surface area (Å²) < 4.78 is 15.7. The number of hydrogen-bond acceptors (Lipinski definition) is 3. The summed E-state index contributed by atoms with van der Waals surface area (Å²) in [7, 11) is 1.66. The normalized spacial score (nSPS) is 13.8. The van der Waals surface area contributed by atoms with Crippen LogP contribution in [0.5, 0.6) is 0 Å². The highest BCUT2D eigenvalue weighted by Crippen LogP contribution is 2.07. The molecule has 0 aliphatic rings. The van der Waals surface area contributed by atoms with Crippen molar-refractivity contribution >= 4 is 0 Å². The summed E-state index contributed by atoms with van der Waals surface area (Å²) in [6.07, 6.45) is -0.0925. The van der Waals surface area contributed by atoms with Gasteiger partial charge in [0.1, 0.15) is 0 Å². The van der Waals surface area contributed by atoms with Crippen LogP contribution in [0.2, 0.25) is 0 Å². The van der Waals surface area contributed by atoms with Gasteiger partial charge < -0.3 is 14.2 Å². The van der Waals surface area contributed by atoms with Crippen molar-refractivity contribution in [1.82, 2.24) is 0 Å². The number of methoxy groups -OCH3 is 1. The van der Waals surface area contributed by atoms with Gasteiger partial charge in [-0.1, -0.05) is 13.8 Å². The molecule has 1 atom stereocenters. The van der Waals surface area contributed by atoms with Gasteiger partial charge in [0.25, 0.3) is 0 Å². The molecule has 0 aliphatic carbocycles. The van der Waals surface area contributed by atoms with Crippen LogP contribution in [0.1, 0.15) is 20.8 Å². The quantitative estimate of drug-likeness (QED) is 0.436. The zero-order valence-corrected chi connectivity index (χ0v) is 8.50. The number of ether oxygens (including phenoxy) is 3. The average molecular weight is 176 g/mol. The second-order valence-electron chi connectivity index (χ2n) is 2.93. The fraction of sp³-hybridized carbons (Fsp3) is 1.00. The molecule has 12 heavy (non-hydrogen) atoms. The maximum atomic E-state index is 5.44. The van der Waals surface area contributed by atoms with Crippen LogP contribution in [0.15, 0.2) is 0 Å². The molecule has 0 aliphatic heterocycles. The number of rotatable bonds is 7. The lowest BCUT2D eigenvalue weighted by Crippen LogP contribution is -2.25. The molecule has 0 aromatic heterocycles. The summed E-state index contributed by atoms with van der Waals surface area (Å²) in [5.74, 6) is 0.391. The standard InChI is InChI=1S/C9H20O3/c1-5-11-9(8(2)3)12-7-6-10-4/h8-9H,5-7H2,1-4H3. The summed E-state index contributed by atoms with van der Waals surface area (Å²) in [5, 5.41) is 0. The fourth-order valence-electron chi connectivity index (χ4n) is 0.845. The van der Waals surface area contributed by atoms with E-state index in [1.54, 1.807) is 7.11 Å². The van der Waals surface area contributed by atoms with Crippen LogP contribution in [0.25, 0.3) is 0 Å². The maximum Gasteiger partial charge on any atom is 0.159 e. The van der Waals surface area contributed by atoms with Gasteiger partial charge in [0.15, 0.2) is 6.29 Å². The number of hydrogen-bond donors (Lipinski definition) is 0. The van der Waals surface area contributed by atoms with Crippen LogP contribution in [-0.2, 0) is 14.2 Å². The predicted octanol–water partition coefficient (Wildman–Crippen LogP) is 1.67. The van der Waals surface area contributed by atoms with E-state index in [1.165, 1.54) is 0 Å². The monoisotopic (exact) mass is 176 g/mol. The van der Waals surface area contributed by atoms with Crippen LogP contribution in [-0.4, -0.2) is 33.2 Å². The van der Waals surface area contributed by atoms with Gasteiger partial charge in [0.05, 0.1) is 13.2 Å². The Balaban J connectivity index is 3.49. The lowest BCUT2D eigenvalue weighted by atomic mass is 10.2. The van der Waals surface area contributed by atoms with Crippen LogP contribution < -0.4 is 0 Å². The summed E-state index contributed by atoms with van der Waals surface area (Å²) in [6, 6.07) is 0. The summed E-state index contributed by atoms with van der Waals surface area (Å²) in [6.45, 7) is 8.03. The SMILES string of the molecule is CCOC(OCCOC)C(C)C. The third-order valence-electron chi connectivity index (χ3n) is 1.44. The van der Waals surface area contributed by atoms with Crippen LogP contribution in [0.4, 0.5) is 0 Å². The Labute approximate surface area is 75.0 Å². The molecule has 0 heterocycles. The summed E-state index contributed by atoms with van der Waals surface area (Å²) >= 11 is 0. The third kappa shape index (κ3) is 5.52. The molecule has 0 aromatic carbocycles. The van der Waals surface area contributed by atoms with Crippen molar-refractivity contribution in [3.63, 3.8) is 0 Å². The summed E-state index contributed by atoms with van der Waals surface area (Å²) in [4.78, 5) is 0. The molecule has 0 saturated heterocycles. The van der Waals surface area contributed by atoms with Crippen LogP contribution in [0, 0.1) is 5.92 Å².